The molecule has 0 aromatic carbocycles. The van der Waals surface area contributed by atoms with Crippen LogP contribution in [-0.2, 0) is 15.6 Å². The van der Waals surface area contributed by atoms with Crippen LogP contribution in [0.5, 0.6) is 0 Å². The molecule has 2 rings (SSSR count). The van der Waals surface area contributed by atoms with Gasteiger partial charge in [-0.15, -0.1) is 0 Å². The summed E-state index contributed by atoms with van der Waals surface area (Å²) in [5.74, 6) is 3.70. The van der Waals surface area contributed by atoms with E-state index in [1.165, 1.54) is 11.1 Å². The molecule has 1 aliphatic heterocycles. The molecular formula is C29H43O2+. The summed E-state index contributed by atoms with van der Waals surface area (Å²) in [5.41, 5.74) is 2.56. The highest BCUT2D eigenvalue weighted by molar-refractivity contribution is 5.49. The molecular weight excluding hydrogens is 380 g/mol. The Labute approximate surface area is 190 Å². The predicted octanol–water partition coefficient (Wildman–Crippen LogP) is 8.99. The van der Waals surface area contributed by atoms with E-state index in [4.69, 9.17) is 9.15 Å². The van der Waals surface area contributed by atoms with E-state index in [2.05, 4.69) is 107 Å². The molecule has 0 spiro atoms. The van der Waals surface area contributed by atoms with E-state index in [0.717, 1.165) is 23.0 Å². The molecule has 0 saturated heterocycles. The van der Waals surface area contributed by atoms with Crippen molar-refractivity contribution >= 4 is 6.08 Å². The quantitative estimate of drug-likeness (QED) is 0.442. The zero-order chi connectivity index (χ0) is 23.8. The van der Waals surface area contributed by atoms with Crippen LogP contribution in [0, 0.1) is 10.8 Å². The maximum absolute atomic E-state index is 6.23. The lowest BCUT2D eigenvalue weighted by atomic mass is 9.82. The van der Waals surface area contributed by atoms with Crippen LogP contribution in [0.1, 0.15) is 100 Å². The Hall–Kier alpha value is -2.09. The van der Waals surface area contributed by atoms with Crippen molar-refractivity contribution in [3.05, 3.63) is 70.6 Å². The molecule has 170 valence electrons. The Kier molecular flexibility index (Phi) is 6.86. The lowest BCUT2D eigenvalue weighted by molar-refractivity contribution is 0.220. The molecule has 1 aliphatic rings. The normalized spacial score (nSPS) is 17.6. The molecule has 0 atom stereocenters. The van der Waals surface area contributed by atoms with Crippen molar-refractivity contribution in [1.29, 1.82) is 0 Å². The number of hydrogen-bond acceptors (Lipinski definition) is 1. The molecule has 2 heterocycles. The van der Waals surface area contributed by atoms with E-state index in [1.54, 1.807) is 0 Å². The largest absolute Gasteiger partial charge is 0.461 e. The second-order valence-electron chi connectivity index (χ2n) is 12.8. The van der Waals surface area contributed by atoms with Crippen LogP contribution in [-0.4, -0.2) is 0 Å². The van der Waals surface area contributed by atoms with Crippen molar-refractivity contribution in [2.45, 2.75) is 93.9 Å². The van der Waals surface area contributed by atoms with Crippen LogP contribution in [0.3, 0.4) is 0 Å². The zero-order valence-electron chi connectivity index (χ0n) is 21.9. The third-order valence-corrected chi connectivity index (χ3v) is 5.36. The van der Waals surface area contributed by atoms with E-state index in [-0.39, 0.29) is 21.7 Å². The highest BCUT2D eigenvalue weighted by Gasteiger charge is 2.31. The summed E-state index contributed by atoms with van der Waals surface area (Å²) in [5, 5.41) is 0. The first-order chi connectivity index (χ1) is 13.9. The third-order valence-electron chi connectivity index (χ3n) is 5.36. The molecule has 0 saturated carbocycles. The zero-order valence-corrected chi connectivity index (χ0v) is 21.9. The average Bonchev–Trinajstić information content (AvgIpc) is 2.58. The summed E-state index contributed by atoms with van der Waals surface area (Å²) in [6, 6.07) is 4.34. The Morgan fingerprint density at radius 2 is 1.32 bits per heavy atom. The van der Waals surface area contributed by atoms with Gasteiger partial charge in [-0.3, -0.25) is 0 Å². The van der Waals surface area contributed by atoms with Gasteiger partial charge in [-0.2, -0.15) is 0 Å². The molecule has 0 unspecified atom stereocenters. The first-order valence-electron chi connectivity index (χ1n) is 11.4. The summed E-state index contributed by atoms with van der Waals surface area (Å²) in [4.78, 5) is 0. The summed E-state index contributed by atoms with van der Waals surface area (Å²) in [6.45, 7) is 26.5. The van der Waals surface area contributed by atoms with Gasteiger partial charge in [0.25, 0.3) is 0 Å². The van der Waals surface area contributed by atoms with Gasteiger partial charge < -0.3 is 4.74 Å². The molecule has 31 heavy (non-hydrogen) atoms. The Morgan fingerprint density at radius 3 is 1.81 bits per heavy atom. The topological polar surface area (TPSA) is 20.5 Å². The first-order valence-corrected chi connectivity index (χ1v) is 11.4. The van der Waals surface area contributed by atoms with E-state index >= 15 is 0 Å². The van der Waals surface area contributed by atoms with Gasteiger partial charge in [-0.1, -0.05) is 62.3 Å². The van der Waals surface area contributed by atoms with E-state index in [1.807, 2.05) is 18.2 Å². The average molecular weight is 424 g/mol. The van der Waals surface area contributed by atoms with Crippen molar-refractivity contribution in [2.24, 2.45) is 10.8 Å². The highest BCUT2D eigenvalue weighted by atomic mass is 16.5. The SMILES string of the molecule is CC(C)(C)C1=C/C(=C\C=C\c2cc(C(C)(C)C)cc(C(C)(C)C)[o+]2)OC(C(C)(C)C)=C1. The van der Waals surface area contributed by atoms with E-state index in [0.29, 0.717) is 0 Å². The van der Waals surface area contributed by atoms with Crippen molar-refractivity contribution < 1.29 is 9.15 Å². The van der Waals surface area contributed by atoms with Crippen LogP contribution in [0.4, 0.5) is 0 Å². The lowest BCUT2D eigenvalue weighted by Crippen LogP contribution is -2.18. The molecule has 2 nitrogen and oxygen atoms in total. The van der Waals surface area contributed by atoms with Gasteiger partial charge in [0.05, 0.1) is 5.41 Å². The van der Waals surface area contributed by atoms with E-state index in [9.17, 15) is 0 Å². The van der Waals surface area contributed by atoms with Crippen LogP contribution >= 0.6 is 0 Å². The van der Waals surface area contributed by atoms with Crippen molar-refractivity contribution in [3.63, 3.8) is 0 Å². The lowest BCUT2D eigenvalue weighted by Gasteiger charge is -2.31. The fraction of sp³-hybridized carbons (Fsp3) is 0.552. The monoisotopic (exact) mass is 423 g/mol. The van der Waals surface area contributed by atoms with Gasteiger partial charge in [-0.25, -0.2) is 4.42 Å². The second-order valence-corrected chi connectivity index (χ2v) is 12.8. The number of allylic oxidation sites excluding steroid dienone is 6. The van der Waals surface area contributed by atoms with Crippen molar-refractivity contribution in [3.8, 4) is 0 Å². The van der Waals surface area contributed by atoms with Gasteiger partial charge in [0, 0.05) is 23.6 Å². The Morgan fingerprint density at radius 1 is 0.710 bits per heavy atom. The number of hydrogen-bond donors (Lipinski definition) is 0. The maximum Gasteiger partial charge on any atom is 0.353 e. The summed E-state index contributed by atoms with van der Waals surface area (Å²) in [6.07, 6.45) is 10.4. The fourth-order valence-corrected chi connectivity index (χ4v) is 3.05. The summed E-state index contributed by atoms with van der Waals surface area (Å²) < 4.78 is 12.5. The van der Waals surface area contributed by atoms with Gasteiger partial charge >= 0.3 is 11.5 Å². The van der Waals surface area contributed by atoms with Gasteiger partial charge in [-0.05, 0) is 67.0 Å². The highest BCUT2D eigenvalue weighted by Crippen LogP contribution is 2.38. The van der Waals surface area contributed by atoms with Crippen molar-refractivity contribution in [1.82, 2.24) is 0 Å². The van der Waals surface area contributed by atoms with Crippen LogP contribution in [0.15, 0.2) is 57.9 Å². The molecule has 0 aliphatic carbocycles. The predicted molar refractivity (Wildman–Crippen MR) is 134 cm³/mol. The first kappa shape index (κ1) is 25.2. The summed E-state index contributed by atoms with van der Waals surface area (Å²) in [7, 11) is 0. The van der Waals surface area contributed by atoms with Gasteiger partial charge in [0.1, 0.15) is 11.5 Å². The van der Waals surface area contributed by atoms with Crippen LogP contribution in [0.25, 0.3) is 6.08 Å². The molecule has 1 aromatic rings. The van der Waals surface area contributed by atoms with Crippen LogP contribution in [0.2, 0.25) is 0 Å². The van der Waals surface area contributed by atoms with Gasteiger partial charge in [0.15, 0.2) is 0 Å². The van der Waals surface area contributed by atoms with Crippen LogP contribution < -0.4 is 0 Å². The molecule has 0 fully saturated rings. The smallest absolute Gasteiger partial charge is 0.353 e. The van der Waals surface area contributed by atoms with Crippen molar-refractivity contribution in [2.75, 3.05) is 0 Å². The Balaban J connectivity index is 2.44. The standard InChI is InChI=1S/C29H43O2/c1-26(2,3)20-16-22(30-24(18-20)28(7,8)9)14-13-15-23-17-21(27(4,5)6)19-25(31-23)29(10,11)12/h13-19H,1-12H3/q+1. The molecule has 1 aromatic heterocycles. The number of rotatable bonds is 2. The minimum atomic E-state index is -0.0501. The second kappa shape index (κ2) is 8.45. The molecule has 2 heteroatoms. The summed E-state index contributed by atoms with van der Waals surface area (Å²) >= 11 is 0. The molecule has 0 radical (unpaired) electrons. The minimum absolute atomic E-state index is 0.0501. The molecule has 0 bridgehead atoms. The molecule has 0 N–H and O–H groups in total. The number of ether oxygens (including phenoxy) is 1. The fourth-order valence-electron chi connectivity index (χ4n) is 3.05. The third kappa shape index (κ3) is 6.95. The van der Waals surface area contributed by atoms with E-state index < -0.39 is 0 Å². The molecule has 0 amide bonds. The minimum Gasteiger partial charge on any atom is -0.461 e. The Bertz CT molecular complexity index is 893. The van der Waals surface area contributed by atoms with Gasteiger partial charge in [0.2, 0.25) is 0 Å². The maximum atomic E-state index is 6.23.